The Bertz CT molecular complexity index is 460. The average molecular weight is 240 g/mol. The quantitative estimate of drug-likeness (QED) is 0.842. The summed E-state index contributed by atoms with van der Waals surface area (Å²) in [5.74, 6) is -4.22. The summed E-state index contributed by atoms with van der Waals surface area (Å²) in [7, 11) is 0. The predicted octanol–water partition coefficient (Wildman–Crippen LogP) is 1.56. The molecule has 1 rings (SSSR count). The van der Waals surface area contributed by atoms with E-state index in [1.165, 1.54) is 0 Å². The Hall–Kier alpha value is -2.16. The van der Waals surface area contributed by atoms with Crippen LogP contribution in [0.25, 0.3) is 0 Å². The van der Waals surface area contributed by atoms with Gasteiger partial charge in [-0.2, -0.15) is 5.26 Å². The van der Waals surface area contributed by atoms with E-state index in [2.05, 4.69) is 5.32 Å². The molecule has 4 nitrogen and oxygen atoms in total. The summed E-state index contributed by atoms with van der Waals surface area (Å²) >= 11 is 0. The van der Waals surface area contributed by atoms with E-state index in [0.717, 1.165) is 0 Å². The highest BCUT2D eigenvalue weighted by Gasteiger charge is 2.18. The maximum Gasteiger partial charge on any atom is 0.258 e. The van der Waals surface area contributed by atoms with Crippen molar-refractivity contribution in [3.8, 4) is 11.8 Å². The fourth-order valence-electron chi connectivity index (χ4n) is 1.16. The monoisotopic (exact) mass is 240 g/mol. The lowest BCUT2D eigenvalue weighted by Crippen LogP contribution is -2.28. The van der Waals surface area contributed by atoms with Gasteiger partial charge in [0.1, 0.15) is 22.9 Å². The van der Waals surface area contributed by atoms with E-state index in [-0.39, 0.29) is 6.54 Å². The van der Waals surface area contributed by atoms with Crippen molar-refractivity contribution in [3.63, 3.8) is 0 Å². The molecule has 6 heteroatoms. The van der Waals surface area contributed by atoms with Crippen molar-refractivity contribution in [2.24, 2.45) is 5.92 Å². The molecule has 1 unspecified atom stereocenters. The lowest BCUT2D eigenvalue weighted by atomic mass is 10.1. The van der Waals surface area contributed by atoms with Crippen LogP contribution < -0.4 is 5.32 Å². The molecule has 0 aromatic heterocycles. The van der Waals surface area contributed by atoms with Gasteiger partial charge in [-0.25, -0.2) is 8.78 Å². The highest BCUT2D eigenvalue weighted by atomic mass is 19.1. The van der Waals surface area contributed by atoms with E-state index in [0.29, 0.717) is 12.1 Å². The lowest BCUT2D eigenvalue weighted by molar-refractivity contribution is 0.0943. The second-order valence-electron chi connectivity index (χ2n) is 3.52. The van der Waals surface area contributed by atoms with E-state index in [4.69, 9.17) is 5.26 Å². The van der Waals surface area contributed by atoms with Gasteiger partial charge in [0.25, 0.3) is 5.91 Å². The molecular formula is C11H10F2N2O2. The number of aromatic hydroxyl groups is 1. The van der Waals surface area contributed by atoms with Crippen LogP contribution in [-0.4, -0.2) is 17.6 Å². The van der Waals surface area contributed by atoms with Gasteiger partial charge in [-0.3, -0.25) is 4.79 Å². The fourth-order valence-corrected chi connectivity index (χ4v) is 1.16. The predicted molar refractivity (Wildman–Crippen MR) is 55.1 cm³/mol. The van der Waals surface area contributed by atoms with Crippen LogP contribution in [0, 0.1) is 28.9 Å². The van der Waals surface area contributed by atoms with E-state index in [9.17, 15) is 18.7 Å². The molecule has 0 fully saturated rings. The zero-order valence-electron chi connectivity index (χ0n) is 9.00. The van der Waals surface area contributed by atoms with Gasteiger partial charge in [0.15, 0.2) is 0 Å². The molecule has 0 aliphatic heterocycles. The van der Waals surface area contributed by atoms with Crippen molar-refractivity contribution in [1.29, 1.82) is 5.26 Å². The number of amides is 1. The summed E-state index contributed by atoms with van der Waals surface area (Å²) < 4.78 is 25.9. The van der Waals surface area contributed by atoms with Crippen LogP contribution in [0.1, 0.15) is 17.3 Å². The first-order valence-corrected chi connectivity index (χ1v) is 4.81. The van der Waals surface area contributed by atoms with Crippen molar-refractivity contribution in [1.82, 2.24) is 5.32 Å². The summed E-state index contributed by atoms with van der Waals surface area (Å²) in [6.45, 7) is 1.59. The van der Waals surface area contributed by atoms with Crippen LogP contribution in [0.4, 0.5) is 8.78 Å². The van der Waals surface area contributed by atoms with Gasteiger partial charge in [0.05, 0.1) is 12.0 Å². The number of phenolic OH excluding ortho intramolecular Hbond substituents is 1. The minimum Gasteiger partial charge on any atom is -0.507 e. The maximum atomic E-state index is 13.2. The highest BCUT2D eigenvalue weighted by molar-refractivity contribution is 5.97. The molecule has 1 aromatic carbocycles. The minimum atomic E-state index is -1.15. The summed E-state index contributed by atoms with van der Waals surface area (Å²) in [6, 6.07) is 3.03. The number of nitrogens with one attached hydrogen (secondary N) is 1. The van der Waals surface area contributed by atoms with Gasteiger partial charge in [0.2, 0.25) is 0 Å². The third-order valence-electron chi connectivity index (χ3n) is 2.05. The molecule has 0 saturated heterocycles. The molecule has 0 aliphatic carbocycles. The number of benzene rings is 1. The normalized spacial score (nSPS) is 11.6. The minimum absolute atomic E-state index is 0.0194. The van der Waals surface area contributed by atoms with Crippen molar-refractivity contribution >= 4 is 5.91 Å². The molecule has 1 atom stereocenters. The lowest BCUT2D eigenvalue weighted by Gasteiger charge is -2.08. The van der Waals surface area contributed by atoms with Gasteiger partial charge >= 0.3 is 0 Å². The van der Waals surface area contributed by atoms with Gasteiger partial charge < -0.3 is 10.4 Å². The van der Waals surface area contributed by atoms with Crippen molar-refractivity contribution < 1.29 is 18.7 Å². The Balaban J connectivity index is 2.87. The van der Waals surface area contributed by atoms with Crippen LogP contribution in [0.3, 0.4) is 0 Å². The summed E-state index contributed by atoms with van der Waals surface area (Å²) in [4.78, 5) is 11.5. The topological polar surface area (TPSA) is 73.1 Å². The number of rotatable bonds is 3. The van der Waals surface area contributed by atoms with Gasteiger partial charge in [-0.1, -0.05) is 0 Å². The summed E-state index contributed by atoms with van der Waals surface area (Å²) in [5.41, 5.74) is -0.628. The molecule has 1 aromatic rings. The van der Waals surface area contributed by atoms with Crippen LogP contribution in [0.2, 0.25) is 0 Å². The van der Waals surface area contributed by atoms with E-state index < -0.39 is 34.8 Å². The maximum absolute atomic E-state index is 13.2. The number of hydrogen-bond acceptors (Lipinski definition) is 3. The first-order chi connectivity index (χ1) is 7.95. The fraction of sp³-hybridized carbons (Fsp3) is 0.273. The molecule has 0 saturated carbocycles. The first-order valence-electron chi connectivity index (χ1n) is 4.81. The van der Waals surface area contributed by atoms with E-state index in [1.54, 1.807) is 6.92 Å². The Morgan fingerprint density at radius 2 is 2.24 bits per heavy atom. The SMILES string of the molecule is CC(C#N)CNC(=O)c1c(O)cc(F)cc1F. The number of halogens is 2. The number of carbonyl (C=O) groups excluding carboxylic acids is 1. The molecule has 0 bridgehead atoms. The molecule has 0 radical (unpaired) electrons. The Morgan fingerprint density at radius 1 is 1.59 bits per heavy atom. The Kier molecular flexibility index (Phi) is 3.99. The van der Waals surface area contributed by atoms with Crippen molar-refractivity contribution in [2.75, 3.05) is 6.54 Å². The van der Waals surface area contributed by atoms with Crippen molar-refractivity contribution in [3.05, 3.63) is 29.3 Å². The third kappa shape index (κ3) is 3.14. The summed E-state index contributed by atoms with van der Waals surface area (Å²) in [5, 5.41) is 20.0. The zero-order chi connectivity index (χ0) is 13.0. The van der Waals surface area contributed by atoms with Crippen molar-refractivity contribution in [2.45, 2.75) is 6.92 Å². The second-order valence-corrected chi connectivity index (χ2v) is 3.52. The molecule has 0 spiro atoms. The van der Waals surface area contributed by atoms with Crippen LogP contribution in [-0.2, 0) is 0 Å². The number of nitriles is 1. The first kappa shape index (κ1) is 12.9. The van der Waals surface area contributed by atoms with Crippen LogP contribution in [0.15, 0.2) is 12.1 Å². The highest BCUT2D eigenvalue weighted by Crippen LogP contribution is 2.21. The van der Waals surface area contributed by atoms with E-state index >= 15 is 0 Å². The smallest absolute Gasteiger partial charge is 0.258 e. The number of phenols is 1. The van der Waals surface area contributed by atoms with E-state index in [1.807, 2.05) is 6.07 Å². The third-order valence-corrected chi connectivity index (χ3v) is 2.05. The molecule has 0 aliphatic rings. The van der Waals surface area contributed by atoms with Crippen LogP contribution >= 0.6 is 0 Å². The molecule has 17 heavy (non-hydrogen) atoms. The Labute approximate surface area is 96.5 Å². The molecule has 1 amide bonds. The zero-order valence-corrected chi connectivity index (χ0v) is 9.00. The molecule has 90 valence electrons. The second kappa shape index (κ2) is 5.25. The number of hydrogen-bond donors (Lipinski definition) is 2. The standard InChI is InChI=1S/C11H10F2N2O2/c1-6(4-14)5-15-11(17)10-8(13)2-7(12)3-9(10)16/h2-3,6,16H,5H2,1H3,(H,15,17). The number of nitrogens with zero attached hydrogens (tertiary/aromatic N) is 1. The number of carbonyl (C=O) groups is 1. The average Bonchev–Trinajstić information content (AvgIpc) is 2.24. The largest absolute Gasteiger partial charge is 0.507 e. The molecular weight excluding hydrogens is 230 g/mol. The van der Waals surface area contributed by atoms with Gasteiger partial charge in [-0.05, 0) is 6.92 Å². The van der Waals surface area contributed by atoms with Gasteiger partial charge in [-0.15, -0.1) is 0 Å². The van der Waals surface area contributed by atoms with Crippen LogP contribution in [0.5, 0.6) is 5.75 Å². The van der Waals surface area contributed by atoms with Gasteiger partial charge in [0, 0.05) is 18.7 Å². The summed E-state index contributed by atoms with van der Waals surface area (Å²) in [6.07, 6.45) is 0. The molecule has 2 N–H and O–H groups in total. The Morgan fingerprint density at radius 3 is 2.76 bits per heavy atom. The molecule has 0 heterocycles.